The van der Waals surface area contributed by atoms with Crippen LogP contribution >= 0.6 is 0 Å². The second-order valence-corrected chi connectivity index (χ2v) is 8.31. The lowest BCUT2D eigenvalue weighted by Crippen LogP contribution is -2.48. The van der Waals surface area contributed by atoms with E-state index in [0.29, 0.717) is 26.2 Å². The maximum atomic E-state index is 12.5. The van der Waals surface area contributed by atoms with Gasteiger partial charge in [-0.2, -0.15) is 0 Å². The van der Waals surface area contributed by atoms with E-state index in [-0.39, 0.29) is 35.7 Å². The Hall–Kier alpha value is -1.92. The third-order valence-corrected chi connectivity index (χ3v) is 5.18. The molecule has 0 fully saturated rings. The molecule has 2 aliphatic heterocycles. The number of rotatable bonds is 2. The molecular formula is C22H36N4O2. The first kappa shape index (κ1) is 22.4. The van der Waals surface area contributed by atoms with E-state index in [4.69, 9.17) is 0 Å². The highest BCUT2D eigenvalue weighted by Gasteiger charge is 2.22. The average molecular weight is 389 g/mol. The van der Waals surface area contributed by atoms with Gasteiger partial charge in [0.05, 0.1) is 12.1 Å². The number of nitrogens with one attached hydrogen (secondary N) is 4. The molecule has 4 N–H and O–H groups in total. The van der Waals surface area contributed by atoms with Crippen LogP contribution in [-0.2, 0) is 22.7 Å². The van der Waals surface area contributed by atoms with Crippen molar-refractivity contribution >= 4 is 11.8 Å². The Morgan fingerprint density at radius 1 is 0.714 bits per heavy atom. The fraction of sp³-hybridized carbons (Fsp3) is 0.636. The average Bonchev–Trinajstić information content (AvgIpc) is 2.64. The van der Waals surface area contributed by atoms with Crippen LogP contribution in [0.1, 0.15) is 51.7 Å². The van der Waals surface area contributed by atoms with Gasteiger partial charge in [-0.25, -0.2) is 0 Å². The van der Waals surface area contributed by atoms with Crippen LogP contribution in [0, 0.1) is 11.8 Å². The molecule has 156 valence electrons. The van der Waals surface area contributed by atoms with Gasteiger partial charge in [-0.05, 0) is 35.8 Å². The molecule has 0 unspecified atom stereocenters. The molecule has 1 aromatic carbocycles. The van der Waals surface area contributed by atoms with E-state index in [1.807, 2.05) is 0 Å². The van der Waals surface area contributed by atoms with Gasteiger partial charge in [-0.3, -0.25) is 9.59 Å². The van der Waals surface area contributed by atoms with E-state index in [1.54, 1.807) is 0 Å². The topological polar surface area (TPSA) is 82.3 Å². The van der Waals surface area contributed by atoms with Gasteiger partial charge in [0.1, 0.15) is 0 Å². The van der Waals surface area contributed by atoms with Gasteiger partial charge in [0.2, 0.25) is 11.8 Å². The maximum Gasteiger partial charge on any atom is 0.237 e. The number of benzene rings is 1. The maximum absolute atomic E-state index is 12.5. The Kier molecular flexibility index (Phi) is 8.93. The largest absolute Gasteiger partial charge is 0.355 e. The van der Waals surface area contributed by atoms with Crippen molar-refractivity contribution in [1.29, 1.82) is 0 Å². The van der Waals surface area contributed by atoms with Crippen LogP contribution < -0.4 is 21.3 Å². The van der Waals surface area contributed by atoms with Crippen molar-refractivity contribution in [1.82, 2.24) is 21.3 Å². The zero-order chi connectivity index (χ0) is 20.5. The summed E-state index contributed by atoms with van der Waals surface area (Å²) in [6.07, 6.45) is 1.69. The van der Waals surface area contributed by atoms with Gasteiger partial charge < -0.3 is 21.3 Å². The molecule has 28 heavy (non-hydrogen) atoms. The Morgan fingerprint density at radius 3 is 1.39 bits per heavy atom. The van der Waals surface area contributed by atoms with Crippen LogP contribution in [0.15, 0.2) is 24.3 Å². The van der Waals surface area contributed by atoms with Crippen LogP contribution in [0.2, 0.25) is 0 Å². The lowest BCUT2D eigenvalue weighted by atomic mass is 10.0. The second kappa shape index (κ2) is 11.2. The molecule has 3 rings (SSSR count). The normalized spacial score (nSPS) is 23.2. The molecule has 0 saturated heterocycles. The summed E-state index contributed by atoms with van der Waals surface area (Å²) in [6, 6.07) is 7.87. The highest BCUT2D eigenvalue weighted by Crippen LogP contribution is 2.09. The van der Waals surface area contributed by atoms with Crippen molar-refractivity contribution in [2.24, 2.45) is 11.8 Å². The van der Waals surface area contributed by atoms with Crippen molar-refractivity contribution in [2.45, 2.75) is 65.7 Å². The van der Waals surface area contributed by atoms with E-state index in [2.05, 4.69) is 73.2 Å². The molecule has 2 aliphatic rings. The standard InChI is InChI=1S/C22H36N4O2/c1-15(2)19-21(27)23-11-5-6-12-24-22(28)20(16(3)4)26-14-18-9-7-17(8-10-18)13-25-19/h7-10,15-16,19-20,25-26H,5-6,11-14H2,1-4H3,(H,23,27)(H,24,28)/t19-,20-/m0/s1. The molecular weight excluding hydrogens is 352 g/mol. The first-order chi connectivity index (χ1) is 13.4. The van der Waals surface area contributed by atoms with Gasteiger partial charge in [-0.15, -0.1) is 0 Å². The number of carbonyl (C=O) groups is 2. The van der Waals surface area contributed by atoms with E-state index >= 15 is 0 Å². The first-order valence-corrected chi connectivity index (χ1v) is 10.5. The number of hydrogen-bond acceptors (Lipinski definition) is 4. The van der Waals surface area contributed by atoms with Gasteiger partial charge in [0, 0.05) is 26.2 Å². The molecule has 2 atom stereocenters. The monoisotopic (exact) mass is 388 g/mol. The Labute approximate surface area is 169 Å². The van der Waals surface area contributed by atoms with Crippen molar-refractivity contribution in [3.05, 3.63) is 35.4 Å². The predicted molar refractivity (Wildman–Crippen MR) is 113 cm³/mol. The predicted octanol–water partition coefficient (Wildman–Crippen LogP) is 1.94. The molecule has 0 radical (unpaired) electrons. The number of amides is 2. The van der Waals surface area contributed by atoms with Gasteiger partial charge in [0.15, 0.2) is 0 Å². The summed E-state index contributed by atoms with van der Waals surface area (Å²) in [6.45, 7) is 10.8. The van der Waals surface area contributed by atoms with Gasteiger partial charge in [-0.1, -0.05) is 52.0 Å². The fourth-order valence-corrected chi connectivity index (χ4v) is 3.39. The number of fused-ring (bicyclic) bond motifs is 15. The summed E-state index contributed by atoms with van der Waals surface area (Å²) in [5.41, 5.74) is 2.28. The molecule has 0 saturated carbocycles. The van der Waals surface area contributed by atoms with Crippen LogP contribution in [0.4, 0.5) is 0 Å². The second-order valence-electron chi connectivity index (χ2n) is 8.31. The minimum absolute atomic E-state index is 0.0424. The van der Waals surface area contributed by atoms with Crippen LogP contribution in [0.25, 0.3) is 0 Å². The molecule has 2 bridgehead atoms. The summed E-state index contributed by atoms with van der Waals surface area (Å²) in [5.74, 6) is 0.504. The van der Waals surface area contributed by atoms with Crippen molar-refractivity contribution in [3.63, 3.8) is 0 Å². The molecule has 1 aromatic rings. The highest BCUT2D eigenvalue weighted by molar-refractivity contribution is 5.82. The third-order valence-electron chi connectivity index (χ3n) is 5.18. The Balaban J connectivity index is 2.11. The Bertz CT molecular complexity index is 573. The number of hydrogen-bond donors (Lipinski definition) is 4. The zero-order valence-corrected chi connectivity index (χ0v) is 17.7. The minimum atomic E-state index is -0.216. The molecule has 2 heterocycles. The van der Waals surface area contributed by atoms with E-state index in [9.17, 15) is 9.59 Å². The quantitative estimate of drug-likeness (QED) is 0.624. The van der Waals surface area contributed by atoms with Gasteiger partial charge >= 0.3 is 0 Å². The molecule has 0 spiro atoms. The van der Waals surface area contributed by atoms with Crippen LogP contribution in [0.5, 0.6) is 0 Å². The lowest BCUT2D eigenvalue weighted by molar-refractivity contribution is -0.125. The SMILES string of the molecule is CC(C)[C@@H]1NCc2ccc(cc2)CN[C@@H](C(C)C)C(=O)NCCCCNC1=O. The number of carbonyl (C=O) groups excluding carboxylic acids is 2. The van der Waals surface area contributed by atoms with Crippen LogP contribution in [0.3, 0.4) is 0 Å². The first-order valence-electron chi connectivity index (χ1n) is 10.5. The third kappa shape index (κ3) is 6.91. The molecule has 2 amide bonds. The molecule has 6 nitrogen and oxygen atoms in total. The summed E-state index contributed by atoms with van der Waals surface area (Å²) in [4.78, 5) is 25.0. The molecule has 0 aromatic heterocycles. The summed E-state index contributed by atoms with van der Waals surface area (Å²) >= 11 is 0. The summed E-state index contributed by atoms with van der Waals surface area (Å²) in [7, 11) is 0. The minimum Gasteiger partial charge on any atom is -0.355 e. The van der Waals surface area contributed by atoms with Crippen molar-refractivity contribution in [2.75, 3.05) is 13.1 Å². The van der Waals surface area contributed by atoms with E-state index in [0.717, 1.165) is 24.0 Å². The van der Waals surface area contributed by atoms with Gasteiger partial charge in [0.25, 0.3) is 0 Å². The van der Waals surface area contributed by atoms with Crippen LogP contribution in [-0.4, -0.2) is 37.0 Å². The van der Waals surface area contributed by atoms with Crippen molar-refractivity contribution in [3.8, 4) is 0 Å². The Morgan fingerprint density at radius 2 is 1.07 bits per heavy atom. The molecule has 0 aliphatic carbocycles. The van der Waals surface area contributed by atoms with E-state index < -0.39 is 0 Å². The van der Waals surface area contributed by atoms with E-state index in [1.165, 1.54) is 0 Å². The smallest absolute Gasteiger partial charge is 0.237 e. The zero-order valence-electron chi connectivity index (χ0n) is 17.7. The highest BCUT2D eigenvalue weighted by atomic mass is 16.2. The molecule has 6 heteroatoms. The fourth-order valence-electron chi connectivity index (χ4n) is 3.39. The lowest BCUT2D eigenvalue weighted by Gasteiger charge is -2.23. The summed E-state index contributed by atoms with van der Waals surface area (Å²) in [5, 5.41) is 12.8. The van der Waals surface area contributed by atoms with Crippen molar-refractivity contribution < 1.29 is 9.59 Å². The summed E-state index contributed by atoms with van der Waals surface area (Å²) < 4.78 is 0.